The normalized spacial score (nSPS) is 14.6. The average Bonchev–Trinajstić information content (AvgIpc) is 2.34. The van der Waals surface area contributed by atoms with E-state index in [2.05, 4.69) is 12.2 Å². The maximum atomic E-state index is 6.24. The Kier molecular flexibility index (Phi) is 6.28. The van der Waals surface area contributed by atoms with Crippen LogP contribution in [-0.2, 0) is 4.74 Å². The van der Waals surface area contributed by atoms with E-state index in [-0.39, 0.29) is 12.1 Å². The molecule has 0 aliphatic carbocycles. The molecule has 2 atom stereocenters. The Morgan fingerprint density at radius 2 is 2.06 bits per heavy atom. The molecule has 1 aromatic rings. The van der Waals surface area contributed by atoms with Crippen molar-refractivity contribution in [3.05, 3.63) is 33.8 Å². The molecule has 0 spiro atoms. The van der Waals surface area contributed by atoms with E-state index in [1.807, 2.05) is 19.1 Å². The van der Waals surface area contributed by atoms with Crippen LogP contribution in [0.3, 0.4) is 0 Å². The van der Waals surface area contributed by atoms with E-state index < -0.39 is 0 Å². The summed E-state index contributed by atoms with van der Waals surface area (Å²) < 4.78 is 5.39. The van der Waals surface area contributed by atoms with Crippen LogP contribution in [0.15, 0.2) is 18.2 Å². The molecule has 0 amide bonds. The Morgan fingerprint density at radius 3 is 2.65 bits per heavy atom. The largest absolute Gasteiger partial charge is 0.380 e. The third-order valence-electron chi connectivity index (χ3n) is 2.77. The van der Waals surface area contributed by atoms with Crippen LogP contribution in [0.4, 0.5) is 0 Å². The summed E-state index contributed by atoms with van der Waals surface area (Å²) in [6.07, 6.45) is 1.10. The van der Waals surface area contributed by atoms with E-state index in [0.29, 0.717) is 10.0 Å². The van der Waals surface area contributed by atoms with Crippen LogP contribution in [0.1, 0.15) is 31.9 Å². The standard InChI is InChI=1S/C13H19Cl2NO/c1-4-8-16-13(9(2)17-3)10-6-5-7-11(14)12(10)15/h5-7,9,13,16H,4,8H2,1-3H3. The van der Waals surface area contributed by atoms with Crippen molar-refractivity contribution in [1.29, 1.82) is 0 Å². The molecule has 0 heterocycles. The SMILES string of the molecule is CCCNC(c1cccc(Cl)c1Cl)C(C)OC. The number of nitrogens with one attached hydrogen (secondary N) is 1. The zero-order chi connectivity index (χ0) is 12.8. The Hall–Kier alpha value is -0.280. The minimum atomic E-state index is 0.0394. The first-order chi connectivity index (χ1) is 8.11. The molecule has 0 aliphatic rings. The van der Waals surface area contributed by atoms with Crippen LogP contribution in [0.25, 0.3) is 0 Å². The molecule has 4 heteroatoms. The van der Waals surface area contributed by atoms with Crippen LogP contribution < -0.4 is 5.32 Å². The molecule has 0 fully saturated rings. The van der Waals surface area contributed by atoms with Crippen molar-refractivity contribution < 1.29 is 4.74 Å². The van der Waals surface area contributed by atoms with Gasteiger partial charge >= 0.3 is 0 Å². The average molecular weight is 276 g/mol. The molecule has 0 saturated heterocycles. The molecule has 1 aromatic carbocycles. The third kappa shape index (κ3) is 3.85. The second-order valence-corrected chi connectivity index (χ2v) is 4.80. The lowest BCUT2D eigenvalue weighted by atomic mass is 10.0. The van der Waals surface area contributed by atoms with Crippen LogP contribution in [-0.4, -0.2) is 19.8 Å². The molecule has 1 N–H and O–H groups in total. The van der Waals surface area contributed by atoms with Crippen molar-refractivity contribution in [2.24, 2.45) is 0 Å². The summed E-state index contributed by atoms with van der Waals surface area (Å²) in [7, 11) is 1.70. The molecule has 96 valence electrons. The summed E-state index contributed by atoms with van der Waals surface area (Å²) in [5.41, 5.74) is 0.988. The second-order valence-electron chi connectivity index (χ2n) is 4.02. The van der Waals surface area contributed by atoms with Gasteiger partial charge in [-0.15, -0.1) is 0 Å². The molecule has 2 nitrogen and oxygen atoms in total. The number of hydrogen-bond donors (Lipinski definition) is 1. The molecule has 0 aliphatic heterocycles. The van der Waals surface area contributed by atoms with E-state index in [0.717, 1.165) is 18.5 Å². The topological polar surface area (TPSA) is 21.3 Å². The molecular formula is C13H19Cl2NO. The lowest BCUT2D eigenvalue weighted by Crippen LogP contribution is -2.32. The molecule has 2 unspecified atom stereocenters. The Balaban J connectivity index is 2.99. The summed E-state index contributed by atoms with van der Waals surface area (Å²) in [5, 5.41) is 4.62. The maximum absolute atomic E-state index is 6.24. The fourth-order valence-corrected chi connectivity index (χ4v) is 2.15. The monoisotopic (exact) mass is 275 g/mol. The highest BCUT2D eigenvalue weighted by molar-refractivity contribution is 6.42. The molecule has 0 aromatic heterocycles. The highest BCUT2D eigenvalue weighted by Gasteiger charge is 2.21. The van der Waals surface area contributed by atoms with Crippen molar-refractivity contribution in [1.82, 2.24) is 5.32 Å². The van der Waals surface area contributed by atoms with E-state index in [4.69, 9.17) is 27.9 Å². The van der Waals surface area contributed by atoms with Crippen molar-refractivity contribution in [3.8, 4) is 0 Å². The van der Waals surface area contributed by atoms with Gasteiger partial charge in [-0.2, -0.15) is 0 Å². The van der Waals surface area contributed by atoms with Crippen LogP contribution >= 0.6 is 23.2 Å². The molecule has 0 bridgehead atoms. The summed E-state index contributed by atoms with van der Waals surface area (Å²) >= 11 is 12.3. The van der Waals surface area contributed by atoms with Gasteiger partial charge in [-0.05, 0) is 31.5 Å². The minimum absolute atomic E-state index is 0.0394. The van der Waals surface area contributed by atoms with Gasteiger partial charge in [0.15, 0.2) is 0 Å². The second kappa shape index (κ2) is 7.22. The van der Waals surface area contributed by atoms with E-state index >= 15 is 0 Å². The first kappa shape index (κ1) is 14.8. The smallest absolute Gasteiger partial charge is 0.0738 e. The molecule has 17 heavy (non-hydrogen) atoms. The zero-order valence-electron chi connectivity index (χ0n) is 10.5. The van der Waals surface area contributed by atoms with Gasteiger partial charge < -0.3 is 10.1 Å². The van der Waals surface area contributed by atoms with Crippen molar-refractivity contribution in [2.45, 2.75) is 32.4 Å². The Bertz CT molecular complexity index is 357. The predicted molar refractivity (Wildman–Crippen MR) is 74.0 cm³/mol. The quantitative estimate of drug-likeness (QED) is 0.845. The summed E-state index contributed by atoms with van der Waals surface area (Å²) in [6.45, 7) is 5.06. The first-order valence-corrected chi connectivity index (χ1v) is 6.57. The lowest BCUT2D eigenvalue weighted by Gasteiger charge is -2.25. The summed E-state index contributed by atoms with van der Waals surface area (Å²) in [5.74, 6) is 0. The van der Waals surface area contributed by atoms with Crippen LogP contribution in [0, 0.1) is 0 Å². The van der Waals surface area contributed by atoms with Crippen LogP contribution in [0.5, 0.6) is 0 Å². The first-order valence-electron chi connectivity index (χ1n) is 5.81. The number of methoxy groups -OCH3 is 1. The van der Waals surface area contributed by atoms with E-state index in [1.54, 1.807) is 13.2 Å². The van der Waals surface area contributed by atoms with Gasteiger partial charge in [-0.3, -0.25) is 0 Å². The van der Waals surface area contributed by atoms with Gasteiger partial charge in [-0.25, -0.2) is 0 Å². The Labute approximate surface area is 113 Å². The highest BCUT2D eigenvalue weighted by atomic mass is 35.5. The van der Waals surface area contributed by atoms with Gasteiger partial charge in [-0.1, -0.05) is 42.3 Å². The van der Waals surface area contributed by atoms with Crippen molar-refractivity contribution in [2.75, 3.05) is 13.7 Å². The lowest BCUT2D eigenvalue weighted by molar-refractivity contribution is 0.0830. The van der Waals surface area contributed by atoms with Gasteiger partial charge in [0, 0.05) is 7.11 Å². The van der Waals surface area contributed by atoms with E-state index in [1.165, 1.54) is 0 Å². The predicted octanol–water partition coefficient (Wildman–Crippen LogP) is 4.07. The maximum Gasteiger partial charge on any atom is 0.0738 e. The third-order valence-corrected chi connectivity index (χ3v) is 3.61. The van der Waals surface area contributed by atoms with Crippen LogP contribution in [0.2, 0.25) is 10.0 Å². The number of hydrogen-bond acceptors (Lipinski definition) is 2. The summed E-state index contributed by atoms with van der Waals surface area (Å²) in [6, 6.07) is 5.75. The molecule has 1 rings (SSSR count). The molecule has 0 radical (unpaired) electrons. The zero-order valence-corrected chi connectivity index (χ0v) is 12.0. The molecule has 0 saturated carbocycles. The van der Waals surface area contributed by atoms with E-state index in [9.17, 15) is 0 Å². The van der Waals surface area contributed by atoms with Gasteiger partial charge in [0.2, 0.25) is 0 Å². The van der Waals surface area contributed by atoms with Gasteiger partial charge in [0.05, 0.1) is 22.2 Å². The summed E-state index contributed by atoms with van der Waals surface area (Å²) in [4.78, 5) is 0. The number of benzene rings is 1. The molecular weight excluding hydrogens is 257 g/mol. The highest BCUT2D eigenvalue weighted by Crippen LogP contribution is 2.31. The van der Waals surface area contributed by atoms with Gasteiger partial charge in [0.1, 0.15) is 0 Å². The fraction of sp³-hybridized carbons (Fsp3) is 0.538. The van der Waals surface area contributed by atoms with Gasteiger partial charge in [0.25, 0.3) is 0 Å². The van der Waals surface area contributed by atoms with Crippen molar-refractivity contribution in [3.63, 3.8) is 0 Å². The number of ether oxygens (including phenoxy) is 1. The number of halogens is 2. The fourth-order valence-electron chi connectivity index (χ4n) is 1.73. The number of rotatable bonds is 6. The minimum Gasteiger partial charge on any atom is -0.380 e. The van der Waals surface area contributed by atoms with Crippen molar-refractivity contribution >= 4 is 23.2 Å². The Morgan fingerprint density at radius 1 is 1.35 bits per heavy atom.